The summed E-state index contributed by atoms with van der Waals surface area (Å²) < 4.78 is 1.10. The molecule has 1 nitrogen and oxygen atoms in total. The fourth-order valence-corrected chi connectivity index (χ4v) is 1.76. The quantitative estimate of drug-likeness (QED) is 0.790. The largest absolute Gasteiger partial charge is 0.198 e. The van der Waals surface area contributed by atoms with Crippen molar-refractivity contribution >= 4 is 15.9 Å². The topological polar surface area (TPSA) is 23.8 Å². The van der Waals surface area contributed by atoms with Crippen LogP contribution >= 0.6 is 15.9 Å². The van der Waals surface area contributed by atoms with Crippen molar-refractivity contribution < 1.29 is 0 Å². The molecule has 0 unspecified atom stereocenters. The van der Waals surface area contributed by atoms with Crippen molar-refractivity contribution in [3.8, 4) is 6.07 Å². The molecule has 0 saturated carbocycles. The maximum Gasteiger partial charge on any atom is 0.0669 e. The van der Waals surface area contributed by atoms with Crippen LogP contribution in [0.4, 0.5) is 0 Å². The van der Waals surface area contributed by atoms with Gasteiger partial charge in [0.05, 0.1) is 12.5 Å². The van der Waals surface area contributed by atoms with Gasteiger partial charge in [0.25, 0.3) is 0 Å². The molecule has 1 aromatic rings. The maximum absolute atomic E-state index is 8.62. The molecule has 68 valence electrons. The van der Waals surface area contributed by atoms with Crippen molar-refractivity contribution in [2.75, 3.05) is 0 Å². The summed E-state index contributed by atoms with van der Waals surface area (Å²) in [5.41, 5.74) is 2.45. The molecule has 0 atom stereocenters. The van der Waals surface area contributed by atoms with Gasteiger partial charge in [-0.2, -0.15) is 5.26 Å². The van der Waals surface area contributed by atoms with E-state index >= 15 is 0 Å². The van der Waals surface area contributed by atoms with Crippen LogP contribution in [0.2, 0.25) is 0 Å². The van der Waals surface area contributed by atoms with Gasteiger partial charge in [-0.05, 0) is 29.7 Å². The molecule has 0 spiro atoms. The van der Waals surface area contributed by atoms with E-state index in [1.807, 2.05) is 12.1 Å². The van der Waals surface area contributed by atoms with E-state index < -0.39 is 0 Å². The van der Waals surface area contributed by atoms with Crippen molar-refractivity contribution in [2.45, 2.75) is 26.2 Å². The van der Waals surface area contributed by atoms with Crippen LogP contribution in [0.5, 0.6) is 0 Å². The average Bonchev–Trinajstić information content (AvgIpc) is 2.10. The van der Waals surface area contributed by atoms with Gasteiger partial charge >= 0.3 is 0 Å². The smallest absolute Gasteiger partial charge is 0.0669 e. The lowest BCUT2D eigenvalue weighted by Crippen LogP contribution is -1.92. The van der Waals surface area contributed by atoms with Crippen molar-refractivity contribution in [3.63, 3.8) is 0 Å². The zero-order valence-corrected chi connectivity index (χ0v) is 9.26. The van der Waals surface area contributed by atoms with Crippen LogP contribution in [0.25, 0.3) is 0 Å². The van der Waals surface area contributed by atoms with E-state index in [0.717, 1.165) is 22.9 Å². The molecule has 0 saturated heterocycles. The fourth-order valence-electron chi connectivity index (χ4n) is 1.35. The van der Waals surface area contributed by atoms with Crippen LogP contribution in [0.15, 0.2) is 22.7 Å². The van der Waals surface area contributed by atoms with Crippen molar-refractivity contribution in [2.24, 2.45) is 0 Å². The third-order valence-electron chi connectivity index (χ3n) is 1.96. The Balaban J connectivity index is 2.97. The Labute approximate surface area is 87.5 Å². The number of nitrogens with zero attached hydrogens (tertiary/aromatic N) is 1. The van der Waals surface area contributed by atoms with E-state index in [4.69, 9.17) is 5.26 Å². The third kappa shape index (κ3) is 2.86. The highest BCUT2D eigenvalue weighted by Gasteiger charge is 2.01. The minimum atomic E-state index is 0.516. The Morgan fingerprint density at radius 1 is 1.38 bits per heavy atom. The molecule has 0 amide bonds. The molecule has 2 heteroatoms. The third-order valence-corrected chi connectivity index (χ3v) is 2.45. The van der Waals surface area contributed by atoms with Gasteiger partial charge < -0.3 is 0 Å². The van der Waals surface area contributed by atoms with Crippen LogP contribution < -0.4 is 0 Å². The van der Waals surface area contributed by atoms with Crippen LogP contribution in [0.1, 0.15) is 24.5 Å². The molecule has 0 bridgehead atoms. The lowest BCUT2D eigenvalue weighted by molar-refractivity contribution is 0.906. The summed E-state index contributed by atoms with van der Waals surface area (Å²) in [5, 5.41) is 8.62. The van der Waals surface area contributed by atoms with Gasteiger partial charge in [0, 0.05) is 4.47 Å². The summed E-state index contributed by atoms with van der Waals surface area (Å²) >= 11 is 3.43. The highest BCUT2D eigenvalue weighted by atomic mass is 79.9. The molecule has 0 radical (unpaired) electrons. The summed E-state index contributed by atoms with van der Waals surface area (Å²) in [6.07, 6.45) is 2.69. The number of benzene rings is 1. The summed E-state index contributed by atoms with van der Waals surface area (Å²) in [6, 6.07) is 8.31. The number of hydrogen-bond donors (Lipinski definition) is 0. The van der Waals surface area contributed by atoms with E-state index in [2.05, 4.69) is 35.0 Å². The van der Waals surface area contributed by atoms with Crippen LogP contribution in [0.3, 0.4) is 0 Å². The lowest BCUT2D eigenvalue weighted by atomic mass is 10.0. The minimum absolute atomic E-state index is 0.516. The predicted molar refractivity (Wildman–Crippen MR) is 57.5 cm³/mol. The molecule has 1 rings (SSSR count). The molecular formula is C11H12BrN. The van der Waals surface area contributed by atoms with Gasteiger partial charge in [-0.3, -0.25) is 0 Å². The van der Waals surface area contributed by atoms with Crippen LogP contribution in [-0.4, -0.2) is 0 Å². The SMILES string of the molecule is CCCc1cc(Br)ccc1CC#N. The summed E-state index contributed by atoms with van der Waals surface area (Å²) in [7, 11) is 0. The standard InChI is InChI=1S/C11H12BrN/c1-2-3-10-8-11(12)5-4-9(10)6-7-13/h4-5,8H,2-3,6H2,1H3. The van der Waals surface area contributed by atoms with E-state index in [1.165, 1.54) is 5.56 Å². The first kappa shape index (κ1) is 10.3. The Hall–Kier alpha value is -0.810. The fraction of sp³-hybridized carbons (Fsp3) is 0.364. The maximum atomic E-state index is 8.62. The number of nitriles is 1. The first-order chi connectivity index (χ1) is 6.27. The minimum Gasteiger partial charge on any atom is -0.198 e. The molecule has 0 aliphatic rings. The van der Waals surface area contributed by atoms with Crippen molar-refractivity contribution in [1.29, 1.82) is 5.26 Å². The zero-order valence-electron chi connectivity index (χ0n) is 7.68. The molecular weight excluding hydrogens is 226 g/mol. The lowest BCUT2D eigenvalue weighted by Gasteiger charge is -2.05. The van der Waals surface area contributed by atoms with Crippen LogP contribution in [-0.2, 0) is 12.8 Å². The molecule has 1 aromatic carbocycles. The van der Waals surface area contributed by atoms with Gasteiger partial charge in [-0.15, -0.1) is 0 Å². The second-order valence-electron chi connectivity index (χ2n) is 3.00. The Kier molecular flexibility index (Phi) is 3.98. The van der Waals surface area contributed by atoms with E-state index in [-0.39, 0.29) is 0 Å². The summed E-state index contributed by atoms with van der Waals surface area (Å²) in [4.78, 5) is 0. The number of aryl methyl sites for hydroxylation is 1. The summed E-state index contributed by atoms with van der Waals surface area (Å²) in [5.74, 6) is 0. The Morgan fingerprint density at radius 3 is 2.77 bits per heavy atom. The molecule has 0 aromatic heterocycles. The first-order valence-electron chi connectivity index (χ1n) is 4.42. The normalized spacial score (nSPS) is 9.62. The van der Waals surface area contributed by atoms with Gasteiger partial charge in [0.15, 0.2) is 0 Å². The second kappa shape index (κ2) is 5.04. The molecule has 0 aliphatic heterocycles. The highest BCUT2D eigenvalue weighted by molar-refractivity contribution is 9.10. The van der Waals surface area contributed by atoms with Crippen molar-refractivity contribution in [3.05, 3.63) is 33.8 Å². The Bertz CT molecular complexity index is 325. The summed E-state index contributed by atoms with van der Waals surface area (Å²) in [6.45, 7) is 2.15. The predicted octanol–water partition coefficient (Wildman–Crippen LogP) is 3.47. The molecule has 0 fully saturated rings. The monoisotopic (exact) mass is 237 g/mol. The number of halogens is 1. The highest BCUT2D eigenvalue weighted by Crippen LogP contribution is 2.18. The first-order valence-corrected chi connectivity index (χ1v) is 5.21. The average molecular weight is 238 g/mol. The van der Waals surface area contributed by atoms with Gasteiger partial charge in [-0.25, -0.2) is 0 Å². The van der Waals surface area contributed by atoms with E-state index in [9.17, 15) is 0 Å². The number of rotatable bonds is 3. The second-order valence-corrected chi connectivity index (χ2v) is 3.91. The Morgan fingerprint density at radius 2 is 2.15 bits per heavy atom. The van der Waals surface area contributed by atoms with E-state index in [0.29, 0.717) is 6.42 Å². The molecule has 0 heterocycles. The van der Waals surface area contributed by atoms with Gasteiger partial charge in [-0.1, -0.05) is 35.3 Å². The number of hydrogen-bond acceptors (Lipinski definition) is 1. The molecule has 0 N–H and O–H groups in total. The molecule has 0 aliphatic carbocycles. The van der Waals surface area contributed by atoms with E-state index in [1.54, 1.807) is 0 Å². The molecule has 13 heavy (non-hydrogen) atoms. The van der Waals surface area contributed by atoms with Gasteiger partial charge in [0.2, 0.25) is 0 Å². The van der Waals surface area contributed by atoms with Crippen molar-refractivity contribution in [1.82, 2.24) is 0 Å². The zero-order chi connectivity index (χ0) is 9.68. The van der Waals surface area contributed by atoms with Gasteiger partial charge in [0.1, 0.15) is 0 Å². The van der Waals surface area contributed by atoms with Crippen LogP contribution in [0, 0.1) is 11.3 Å².